The molecule has 2 aromatic heterocycles. The highest BCUT2D eigenvalue weighted by Gasteiger charge is 2.29. The van der Waals surface area contributed by atoms with Crippen LogP contribution in [0.1, 0.15) is 22.3 Å². The Kier molecular flexibility index (Phi) is 4.36. The van der Waals surface area contributed by atoms with Crippen molar-refractivity contribution in [3.63, 3.8) is 0 Å². The summed E-state index contributed by atoms with van der Waals surface area (Å²) >= 11 is 0. The van der Waals surface area contributed by atoms with E-state index in [2.05, 4.69) is 36.9 Å². The Morgan fingerprint density at radius 1 is 0.935 bits per heavy atom. The number of imidazole rings is 1. The summed E-state index contributed by atoms with van der Waals surface area (Å²) in [6.07, 6.45) is 0. The summed E-state index contributed by atoms with van der Waals surface area (Å²) in [6.45, 7) is 7.79. The van der Waals surface area contributed by atoms with Gasteiger partial charge >= 0.3 is 5.69 Å². The van der Waals surface area contributed by atoms with Crippen LogP contribution in [0, 0.1) is 20.8 Å². The van der Waals surface area contributed by atoms with E-state index in [4.69, 9.17) is 4.98 Å². The maximum atomic E-state index is 13.4. The molecule has 0 fully saturated rings. The topological polar surface area (TPSA) is 65.1 Å². The van der Waals surface area contributed by atoms with E-state index in [9.17, 15) is 9.59 Å². The number of fused-ring (bicyclic) bond motifs is 3. The number of benzene rings is 2. The van der Waals surface area contributed by atoms with Gasteiger partial charge in [-0.1, -0.05) is 47.5 Å². The van der Waals surface area contributed by atoms with Gasteiger partial charge in [-0.25, -0.2) is 4.79 Å². The van der Waals surface area contributed by atoms with Crippen molar-refractivity contribution in [1.82, 2.24) is 18.7 Å². The van der Waals surface area contributed by atoms with E-state index in [1.54, 1.807) is 7.05 Å². The van der Waals surface area contributed by atoms with Crippen LogP contribution in [0.5, 0.6) is 0 Å². The summed E-state index contributed by atoms with van der Waals surface area (Å²) < 4.78 is 4.74. The zero-order valence-electron chi connectivity index (χ0n) is 18.2. The fourth-order valence-electron chi connectivity index (χ4n) is 4.43. The van der Waals surface area contributed by atoms with E-state index in [0.29, 0.717) is 23.7 Å². The molecule has 0 spiro atoms. The molecular formula is C24H25N5O2. The van der Waals surface area contributed by atoms with Crippen LogP contribution in [0.15, 0.2) is 52.1 Å². The number of rotatable bonds is 3. The van der Waals surface area contributed by atoms with Crippen molar-refractivity contribution in [3.8, 4) is 0 Å². The van der Waals surface area contributed by atoms with Gasteiger partial charge in [-0.15, -0.1) is 0 Å². The van der Waals surface area contributed by atoms with Crippen LogP contribution in [-0.2, 0) is 20.1 Å². The number of aryl methyl sites for hydroxylation is 4. The first kappa shape index (κ1) is 19.4. The molecule has 0 aliphatic carbocycles. The molecule has 5 rings (SSSR count). The number of anilines is 2. The minimum Gasteiger partial charge on any atom is -0.310 e. The van der Waals surface area contributed by atoms with E-state index in [1.165, 1.54) is 14.7 Å². The molecule has 3 heterocycles. The minimum absolute atomic E-state index is 0.239. The van der Waals surface area contributed by atoms with Gasteiger partial charge in [0.1, 0.15) is 0 Å². The maximum absolute atomic E-state index is 13.4. The lowest BCUT2D eigenvalue weighted by molar-refractivity contribution is 0.652. The third-order valence-corrected chi connectivity index (χ3v) is 6.11. The smallest absolute Gasteiger partial charge is 0.310 e. The van der Waals surface area contributed by atoms with Crippen LogP contribution in [0.4, 0.5) is 11.6 Å². The Morgan fingerprint density at radius 3 is 2.35 bits per heavy atom. The quantitative estimate of drug-likeness (QED) is 0.516. The molecule has 0 saturated heterocycles. The monoisotopic (exact) mass is 415 g/mol. The number of hydrogen-bond donors (Lipinski definition) is 0. The first-order valence-corrected chi connectivity index (χ1v) is 10.5. The summed E-state index contributed by atoms with van der Waals surface area (Å²) in [5.41, 5.74) is 5.76. The van der Waals surface area contributed by atoms with E-state index < -0.39 is 0 Å². The van der Waals surface area contributed by atoms with Crippen LogP contribution >= 0.6 is 0 Å². The van der Waals surface area contributed by atoms with Gasteiger partial charge in [0.15, 0.2) is 11.2 Å². The lowest BCUT2D eigenvalue weighted by Gasteiger charge is -2.19. The predicted octanol–water partition coefficient (Wildman–Crippen LogP) is 3.02. The number of aromatic nitrogens is 4. The summed E-state index contributed by atoms with van der Waals surface area (Å²) in [5.74, 6) is 0.710. The van der Waals surface area contributed by atoms with Crippen molar-refractivity contribution in [1.29, 1.82) is 0 Å². The summed E-state index contributed by atoms with van der Waals surface area (Å²) in [4.78, 5) is 33.3. The number of nitrogens with zero attached hydrogens (tertiary/aromatic N) is 5. The zero-order chi connectivity index (χ0) is 21.9. The van der Waals surface area contributed by atoms with Gasteiger partial charge in [0.05, 0.1) is 6.54 Å². The molecule has 158 valence electrons. The molecule has 0 unspecified atom stereocenters. The van der Waals surface area contributed by atoms with Gasteiger partial charge < -0.3 is 9.47 Å². The molecule has 7 heteroatoms. The Labute approximate surface area is 179 Å². The van der Waals surface area contributed by atoms with E-state index in [0.717, 1.165) is 28.9 Å². The fourth-order valence-corrected chi connectivity index (χ4v) is 4.43. The lowest BCUT2D eigenvalue weighted by Crippen LogP contribution is -2.40. The summed E-state index contributed by atoms with van der Waals surface area (Å²) in [6, 6.07) is 14.2. The molecule has 7 nitrogen and oxygen atoms in total. The molecule has 0 bridgehead atoms. The molecule has 1 aliphatic heterocycles. The van der Waals surface area contributed by atoms with E-state index >= 15 is 0 Å². The zero-order valence-corrected chi connectivity index (χ0v) is 18.2. The van der Waals surface area contributed by atoms with Gasteiger partial charge in [-0.3, -0.25) is 13.9 Å². The van der Waals surface area contributed by atoms with Gasteiger partial charge in [0, 0.05) is 25.8 Å². The van der Waals surface area contributed by atoms with Crippen molar-refractivity contribution in [2.45, 2.75) is 33.9 Å². The van der Waals surface area contributed by atoms with Gasteiger partial charge in [-0.2, -0.15) is 4.98 Å². The van der Waals surface area contributed by atoms with E-state index in [-0.39, 0.29) is 17.8 Å². The molecule has 0 radical (unpaired) electrons. The minimum atomic E-state index is -0.354. The molecular weight excluding hydrogens is 390 g/mol. The summed E-state index contributed by atoms with van der Waals surface area (Å²) in [5, 5.41) is 0. The Balaban J connectivity index is 1.67. The first-order valence-electron chi connectivity index (χ1n) is 10.5. The van der Waals surface area contributed by atoms with Crippen molar-refractivity contribution in [2.75, 3.05) is 11.4 Å². The predicted molar refractivity (Wildman–Crippen MR) is 122 cm³/mol. The molecule has 2 aromatic carbocycles. The highest BCUT2D eigenvalue weighted by molar-refractivity contribution is 5.78. The molecule has 31 heavy (non-hydrogen) atoms. The van der Waals surface area contributed by atoms with E-state index in [1.807, 2.05) is 35.8 Å². The second kappa shape index (κ2) is 6.97. The van der Waals surface area contributed by atoms with Crippen molar-refractivity contribution >= 4 is 22.8 Å². The summed E-state index contributed by atoms with van der Waals surface area (Å²) in [7, 11) is 1.68. The van der Waals surface area contributed by atoms with Gasteiger partial charge in [-0.05, 0) is 38.0 Å². The molecule has 0 amide bonds. The largest absolute Gasteiger partial charge is 0.332 e. The molecule has 1 aliphatic rings. The van der Waals surface area contributed by atoms with Crippen molar-refractivity contribution in [2.24, 2.45) is 7.05 Å². The molecule has 0 saturated carbocycles. The van der Waals surface area contributed by atoms with Crippen LogP contribution in [0.2, 0.25) is 0 Å². The normalized spacial score (nSPS) is 13.2. The maximum Gasteiger partial charge on any atom is 0.332 e. The van der Waals surface area contributed by atoms with Crippen LogP contribution < -0.4 is 16.1 Å². The van der Waals surface area contributed by atoms with Crippen LogP contribution in [0.3, 0.4) is 0 Å². The third-order valence-electron chi connectivity index (χ3n) is 6.11. The average Bonchev–Trinajstić information content (AvgIpc) is 3.31. The van der Waals surface area contributed by atoms with Crippen LogP contribution in [0.25, 0.3) is 11.2 Å². The highest BCUT2D eigenvalue weighted by Crippen LogP contribution is 2.33. The highest BCUT2D eigenvalue weighted by atomic mass is 16.2. The molecule has 0 N–H and O–H groups in total. The fraction of sp³-hybridized carbons (Fsp3) is 0.292. The van der Waals surface area contributed by atoms with Gasteiger partial charge in [0.2, 0.25) is 5.95 Å². The number of hydrogen-bond acceptors (Lipinski definition) is 4. The van der Waals surface area contributed by atoms with Crippen molar-refractivity contribution in [3.05, 3.63) is 85.6 Å². The second-order valence-corrected chi connectivity index (χ2v) is 8.40. The first-order chi connectivity index (χ1) is 14.8. The Bertz CT molecular complexity index is 1440. The standard InChI is InChI=1S/C24H25N5O2/c1-15-5-8-18(9-6-15)14-29-22(30)20-21(26(4)24(29)31)25-23-27(11-12-28(20)23)19-10-7-16(2)13-17(19)3/h5-10,13H,11-12,14H2,1-4H3. The second-order valence-electron chi connectivity index (χ2n) is 8.40. The van der Waals surface area contributed by atoms with Crippen LogP contribution in [-0.4, -0.2) is 25.2 Å². The lowest BCUT2D eigenvalue weighted by atomic mass is 10.1. The van der Waals surface area contributed by atoms with Crippen molar-refractivity contribution < 1.29 is 0 Å². The SMILES string of the molecule is Cc1ccc(Cn2c(=O)c3c(nc4n3CCN4c3ccc(C)cc3C)n(C)c2=O)cc1. The molecule has 4 aromatic rings. The molecule has 0 atom stereocenters. The van der Waals surface area contributed by atoms with Gasteiger partial charge in [0.25, 0.3) is 5.56 Å². The Morgan fingerprint density at radius 2 is 1.65 bits per heavy atom. The third kappa shape index (κ3) is 3.00. The Hall–Kier alpha value is -3.61. The average molecular weight is 415 g/mol.